The van der Waals surface area contributed by atoms with Gasteiger partial charge < -0.3 is 9.84 Å². The van der Waals surface area contributed by atoms with E-state index in [4.69, 9.17) is 4.74 Å². The first kappa shape index (κ1) is 11.5. The Balaban J connectivity index is 2.52. The van der Waals surface area contributed by atoms with E-state index >= 15 is 0 Å². The smallest absolute Gasteiger partial charge is 0.342 e. The molecule has 80 valence electrons. The van der Waals surface area contributed by atoms with E-state index < -0.39 is 11.6 Å². The predicted molar refractivity (Wildman–Crippen MR) is 57.1 cm³/mol. The minimum absolute atomic E-state index is 0.156. The van der Waals surface area contributed by atoms with Crippen LogP contribution in [0.15, 0.2) is 43.0 Å². The molecule has 1 rings (SSSR count). The zero-order valence-electron chi connectivity index (χ0n) is 8.64. The van der Waals surface area contributed by atoms with Crippen LogP contribution in [0.5, 0.6) is 0 Å². The van der Waals surface area contributed by atoms with Gasteiger partial charge in [-0.2, -0.15) is 0 Å². The second kappa shape index (κ2) is 4.75. The molecule has 0 aliphatic heterocycles. The molecule has 1 N–H and O–H groups in total. The van der Waals surface area contributed by atoms with Crippen molar-refractivity contribution in [1.82, 2.24) is 0 Å². The quantitative estimate of drug-likeness (QED) is 0.602. The van der Waals surface area contributed by atoms with Crippen molar-refractivity contribution in [3.63, 3.8) is 0 Å². The molecule has 0 radical (unpaired) electrons. The van der Waals surface area contributed by atoms with Crippen molar-refractivity contribution in [1.29, 1.82) is 0 Å². The van der Waals surface area contributed by atoms with Crippen molar-refractivity contribution < 1.29 is 14.6 Å². The first-order valence-corrected chi connectivity index (χ1v) is 4.63. The number of hydrogen-bond donors (Lipinski definition) is 1. The van der Waals surface area contributed by atoms with E-state index in [1.807, 2.05) is 30.3 Å². The first-order valence-electron chi connectivity index (χ1n) is 4.63. The number of aliphatic hydroxyl groups is 1. The molecule has 0 amide bonds. The Kier molecular flexibility index (Phi) is 3.63. The van der Waals surface area contributed by atoms with Crippen LogP contribution in [0, 0.1) is 0 Å². The van der Waals surface area contributed by atoms with Crippen molar-refractivity contribution in [2.75, 3.05) is 0 Å². The molecular weight excluding hydrogens is 192 g/mol. The molecular formula is C12H14O3. The molecule has 15 heavy (non-hydrogen) atoms. The van der Waals surface area contributed by atoms with Gasteiger partial charge in [-0.1, -0.05) is 36.9 Å². The lowest BCUT2D eigenvalue weighted by Gasteiger charge is -2.16. The van der Waals surface area contributed by atoms with Gasteiger partial charge >= 0.3 is 5.97 Å². The summed E-state index contributed by atoms with van der Waals surface area (Å²) in [6, 6.07) is 9.28. The molecule has 0 saturated heterocycles. The highest BCUT2D eigenvalue weighted by atomic mass is 16.5. The van der Waals surface area contributed by atoms with Crippen molar-refractivity contribution in [3.8, 4) is 0 Å². The number of hydrogen-bond acceptors (Lipinski definition) is 3. The van der Waals surface area contributed by atoms with Gasteiger partial charge in [0, 0.05) is 0 Å². The number of benzene rings is 1. The van der Waals surface area contributed by atoms with Crippen LogP contribution in [0.25, 0.3) is 0 Å². The van der Waals surface area contributed by atoms with Crippen molar-refractivity contribution in [3.05, 3.63) is 48.6 Å². The van der Waals surface area contributed by atoms with Gasteiger partial charge in [-0.15, -0.1) is 0 Å². The number of carbonyl (C=O) groups excluding carboxylic acids is 1. The number of rotatable bonds is 4. The van der Waals surface area contributed by atoms with Crippen LogP contribution in [-0.2, 0) is 16.1 Å². The Morgan fingerprint density at radius 2 is 2.13 bits per heavy atom. The Morgan fingerprint density at radius 1 is 1.53 bits per heavy atom. The van der Waals surface area contributed by atoms with Crippen molar-refractivity contribution >= 4 is 5.97 Å². The molecule has 1 aromatic carbocycles. The third-order valence-corrected chi connectivity index (χ3v) is 2.02. The van der Waals surface area contributed by atoms with E-state index in [-0.39, 0.29) is 6.61 Å². The highest BCUT2D eigenvalue weighted by Gasteiger charge is 2.27. The lowest BCUT2D eigenvalue weighted by molar-refractivity contribution is -0.160. The minimum Gasteiger partial charge on any atom is -0.458 e. The average molecular weight is 206 g/mol. The highest BCUT2D eigenvalue weighted by Crippen LogP contribution is 2.09. The molecule has 3 nitrogen and oxygen atoms in total. The van der Waals surface area contributed by atoms with Gasteiger partial charge in [0.2, 0.25) is 0 Å². The maximum Gasteiger partial charge on any atom is 0.342 e. The molecule has 1 atom stereocenters. The van der Waals surface area contributed by atoms with Crippen LogP contribution < -0.4 is 0 Å². The standard InChI is InChI=1S/C12H14O3/c1-3-12(2,14)11(13)15-9-10-7-5-4-6-8-10/h3-8,14H,1,9H2,2H3. The molecule has 0 aromatic heterocycles. The first-order chi connectivity index (χ1) is 7.06. The molecule has 1 unspecified atom stereocenters. The maximum absolute atomic E-state index is 11.3. The predicted octanol–water partition coefficient (Wildman–Crippen LogP) is 1.67. The summed E-state index contributed by atoms with van der Waals surface area (Å²) in [6.07, 6.45) is 1.15. The normalized spacial score (nSPS) is 14.0. The zero-order valence-corrected chi connectivity index (χ0v) is 8.64. The average Bonchev–Trinajstić information content (AvgIpc) is 2.27. The summed E-state index contributed by atoms with van der Waals surface area (Å²) in [5.41, 5.74) is -0.736. The van der Waals surface area contributed by atoms with Gasteiger partial charge in [-0.3, -0.25) is 0 Å². The third-order valence-electron chi connectivity index (χ3n) is 2.02. The SMILES string of the molecule is C=CC(C)(O)C(=O)OCc1ccccc1. The van der Waals surface area contributed by atoms with E-state index in [0.717, 1.165) is 11.6 Å². The molecule has 0 aliphatic carbocycles. The Labute approximate surface area is 89.0 Å². The second-order valence-corrected chi connectivity index (χ2v) is 3.41. The highest BCUT2D eigenvalue weighted by molar-refractivity contribution is 5.80. The lowest BCUT2D eigenvalue weighted by atomic mass is 10.1. The van der Waals surface area contributed by atoms with E-state index in [9.17, 15) is 9.90 Å². The fraction of sp³-hybridized carbons (Fsp3) is 0.250. The summed E-state index contributed by atoms with van der Waals surface area (Å²) in [6.45, 7) is 4.85. The van der Waals surface area contributed by atoms with Crippen LogP contribution in [0.2, 0.25) is 0 Å². The van der Waals surface area contributed by atoms with Crippen LogP contribution in [0.4, 0.5) is 0 Å². The largest absolute Gasteiger partial charge is 0.458 e. The van der Waals surface area contributed by atoms with Gasteiger partial charge in [0.25, 0.3) is 0 Å². The summed E-state index contributed by atoms with van der Waals surface area (Å²) >= 11 is 0. The molecule has 0 spiro atoms. The van der Waals surface area contributed by atoms with Gasteiger partial charge in [0.05, 0.1) is 0 Å². The van der Waals surface area contributed by atoms with Gasteiger partial charge in [-0.05, 0) is 18.6 Å². The Hall–Kier alpha value is -1.61. The van der Waals surface area contributed by atoms with Gasteiger partial charge in [-0.25, -0.2) is 4.79 Å². The van der Waals surface area contributed by atoms with E-state index in [2.05, 4.69) is 6.58 Å². The molecule has 3 heteroatoms. The molecule has 0 aliphatic rings. The van der Waals surface area contributed by atoms with Gasteiger partial charge in [0.15, 0.2) is 5.60 Å². The Bertz CT molecular complexity index is 341. The van der Waals surface area contributed by atoms with Crippen molar-refractivity contribution in [2.24, 2.45) is 0 Å². The number of ether oxygens (including phenoxy) is 1. The monoisotopic (exact) mass is 206 g/mol. The molecule has 0 saturated carbocycles. The van der Waals surface area contributed by atoms with Crippen LogP contribution >= 0.6 is 0 Å². The van der Waals surface area contributed by atoms with E-state index in [0.29, 0.717) is 0 Å². The third kappa shape index (κ3) is 3.22. The van der Waals surface area contributed by atoms with Crippen LogP contribution in [0.3, 0.4) is 0 Å². The van der Waals surface area contributed by atoms with Crippen LogP contribution in [0.1, 0.15) is 12.5 Å². The maximum atomic E-state index is 11.3. The fourth-order valence-electron chi connectivity index (χ4n) is 0.953. The molecule has 1 aromatic rings. The molecule has 0 heterocycles. The van der Waals surface area contributed by atoms with Gasteiger partial charge in [0.1, 0.15) is 6.61 Å². The zero-order chi connectivity index (χ0) is 11.3. The molecule has 0 bridgehead atoms. The Morgan fingerprint density at radius 3 is 2.67 bits per heavy atom. The summed E-state index contributed by atoms with van der Waals surface area (Å²) in [7, 11) is 0. The lowest BCUT2D eigenvalue weighted by Crippen LogP contribution is -2.34. The second-order valence-electron chi connectivity index (χ2n) is 3.41. The summed E-state index contributed by atoms with van der Waals surface area (Å²) < 4.78 is 4.92. The fourth-order valence-corrected chi connectivity index (χ4v) is 0.953. The molecule has 0 fully saturated rings. The number of esters is 1. The van der Waals surface area contributed by atoms with E-state index in [1.54, 1.807) is 0 Å². The van der Waals surface area contributed by atoms with E-state index in [1.165, 1.54) is 6.92 Å². The van der Waals surface area contributed by atoms with Crippen molar-refractivity contribution in [2.45, 2.75) is 19.1 Å². The number of carbonyl (C=O) groups is 1. The summed E-state index contributed by atoms with van der Waals surface area (Å²) in [4.78, 5) is 11.3. The summed E-state index contributed by atoms with van der Waals surface area (Å²) in [5.74, 6) is -0.693. The van der Waals surface area contributed by atoms with Crippen LogP contribution in [-0.4, -0.2) is 16.7 Å². The summed E-state index contributed by atoms with van der Waals surface area (Å²) in [5, 5.41) is 9.48. The minimum atomic E-state index is -1.62. The topological polar surface area (TPSA) is 46.5 Å².